The lowest BCUT2D eigenvalue weighted by atomic mass is 9.92. The summed E-state index contributed by atoms with van der Waals surface area (Å²) < 4.78 is 0. The molecular weight excluding hydrogens is 452 g/mol. The minimum atomic E-state index is -1.10. The van der Waals surface area contributed by atoms with Gasteiger partial charge < -0.3 is 26.4 Å². The molecule has 0 aromatic heterocycles. The summed E-state index contributed by atoms with van der Waals surface area (Å²) in [6.45, 7) is 3.39. The fourth-order valence-electron chi connectivity index (χ4n) is 3.70. The molecule has 1 rings (SSSR count). The van der Waals surface area contributed by atoms with Crippen molar-refractivity contribution in [3.05, 3.63) is 0 Å². The van der Waals surface area contributed by atoms with Crippen LogP contribution < -0.4 is 16.4 Å². The second kappa shape index (κ2) is 14.6. The predicted octanol–water partition coefficient (Wildman–Crippen LogP) is 0.868. The third-order valence-electron chi connectivity index (χ3n) is 5.62. The van der Waals surface area contributed by atoms with Gasteiger partial charge in [-0.3, -0.25) is 14.4 Å². The Morgan fingerprint density at radius 3 is 2.28 bits per heavy atom. The lowest BCUT2D eigenvalue weighted by Gasteiger charge is -2.37. The Morgan fingerprint density at radius 2 is 1.78 bits per heavy atom. The number of thiol groups is 1. The van der Waals surface area contributed by atoms with Gasteiger partial charge in [-0.1, -0.05) is 33.1 Å². The molecule has 0 radical (unpaired) electrons. The van der Waals surface area contributed by atoms with Crippen molar-refractivity contribution in [2.24, 2.45) is 11.7 Å². The van der Waals surface area contributed by atoms with Crippen LogP contribution in [0, 0.1) is 5.92 Å². The van der Waals surface area contributed by atoms with Gasteiger partial charge in [-0.25, -0.2) is 4.79 Å². The van der Waals surface area contributed by atoms with Crippen molar-refractivity contribution in [2.75, 3.05) is 24.3 Å². The van der Waals surface area contributed by atoms with E-state index in [1.807, 2.05) is 20.1 Å². The molecule has 0 bridgehead atoms. The summed E-state index contributed by atoms with van der Waals surface area (Å²) in [6, 6.07) is -2.82. The quantitative estimate of drug-likeness (QED) is 0.241. The van der Waals surface area contributed by atoms with Crippen LogP contribution in [0.1, 0.15) is 52.4 Å². The molecule has 5 N–H and O–H groups in total. The SMILES string of the molecule is CSCC[C@H](NC(=O)CN(C(=O)[C@@H](NC(=O)[C@@H](N)CS)C(C)C)C1CCCCC1)C(=O)O. The minimum absolute atomic E-state index is 0.131. The van der Waals surface area contributed by atoms with Crippen molar-refractivity contribution in [1.29, 1.82) is 0 Å². The molecule has 0 saturated heterocycles. The van der Waals surface area contributed by atoms with Crippen molar-refractivity contribution in [3.63, 3.8) is 0 Å². The minimum Gasteiger partial charge on any atom is -0.480 e. The molecule has 0 aromatic rings. The second-order valence-electron chi connectivity index (χ2n) is 8.52. The molecule has 3 atom stereocenters. The van der Waals surface area contributed by atoms with Crippen LogP contribution in [0.15, 0.2) is 0 Å². The number of nitrogens with two attached hydrogens (primary N) is 1. The molecule has 1 aliphatic carbocycles. The number of nitrogens with zero attached hydrogens (tertiary/aromatic N) is 1. The maximum absolute atomic E-state index is 13.5. The molecule has 184 valence electrons. The molecule has 0 heterocycles. The predicted molar refractivity (Wildman–Crippen MR) is 130 cm³/mol. The van der Waals surface area contributed by atoms with Crippen molar-refractivity contribution < 1.29 is 24.3 Å². The van der Waals surface area contributed by atoms with Crippen LogP contribution in [-0.2, 0) is 19.2 Å². The van der Waals surface area contributed by atoms with E-state index in [4.69, 9.17) is 5.73 Å². The van der Waals surface area contributed by atoms with E-state index in [0.717, 1.165) is 32.1 Å². The zero-order valence-corrected chi connectivity index (χ0v) is 20.9. The lowest BCUT2D eigenvalue weighted by Crippen LogP contribution is -2.59. The van der Waals surface area contributed by atoms with Gasteiger partial charge in [0.15, 0.2) is 0 Å². The average Bonchev–Trinajstić information content (AvgIpc) is 2.77. The van der Waals surface area contributed by atoms with Gasteiger partial charge in [0.25, 0.3) is 0 Å². The highest BCUT2D eigenvalue weighted by molar-refractivity contribution is 7.98. The number of carbonyl (C=O) groups is 4. The van der Waals surface area contributed by atoms with Gasteiger partial charge in [0.1, 0.15) is 12.1 Å². The Bertz CT molecular complexity index is 644. The highest BCUT2D eigenvalue weighted by Gasteiger charge is 2.35. The Balaban J connectivity index is 3.02. The number of carboxylic acid groups (broad SMARTS) is 1. The first-order valence-corrected chi connectivity index (χ1v) is 13.1. The number of aliphatic carboxylic acids is 1. The van der Waals surface area contributed by atoms with Gasteiger partial charge in [-0.2, -0.15) is 24.4 Å². The molecular formula is C21H38N4O5S2. The van der Waals surface area contributed by atoms with E-state index >= 15 is 0 Å². The lowest BCUT2D eigenvalue weighted by molar-refractivity contribution is -0.145. The van der Waals surface area contributed by atoms with E-state index in [1.54, 1.807) is 0 Å². The van der Waals surface area contributed by atoms with Crippen LogP contribution >= 0.6 is 24.4 Å². The summed E-state index contributed by atoms with van der Waals surface area (Å²) in [5.74, 6) is -1.92. The van der Waals surface area contributed by atoms with Crippen molar-refractivity contribution in [3.8, 4) is 0 Å². The molecule has 32 heavy (non-hydrogen) atoms. The number of thioether (sulfide) groups is 1. The molecule has 1 saturated carbocycles. The summed E-state index contributed by atoms with van der Waals surface area (Å²) in [4.78, 5) is 51.6. The van der Waals surface area contributed by atoms with Gasteiger partial charge in [0.05, 0.1) is 12.6 Å². The van der Waals surface area contributed by atoms with E-state index in [-0.39, 0.29) is 30.2 Å². The zero-order valence-electron chi connectivity index (χ0n) is 19.2. The van der Waals surface area contributed by atoms with E-state index in [1.165, 1.54) is 16.7 Å². The fourth-order valence-corrected chi connectivity index (χ4v) is 4.34. The molecule has 1 aliphatic rings. The Hall–Kier alpha value is -1.46. The first-order valence-electron chi connectivity index (χ1n) is 11.1. The summed E-state index contributed by atoms with van der Waals surface area (Å²) >= 11 is 5.54. The Morgan fingerprint density at radius 1 is 1.16 bits per heavy atom. The van der Waals surface area contributed by atoms with E-state index in [9.17, 15) is 24.3 Å². The fraction of sp³-hybridized carbons (Fsp3) is 0.810. The highest BCUT2D eigenvalue weighted by Crippen LogP contribution is 2.24. The largest absolute Gasteiger partial charge is 0.480 e. The van der Waals surface area contributed by atoms with Crippen molar-refractivity contribution >= 4 is 48.1 Å². The Kier molecular flexibility index (Phi) is 13.1. The summed E-state index contributed by atoms with van der Waals surface area (Å²) in [5.41, 5.74) is 5.75. The molecule has 0 aliphatic heterocycles. The molecule has 11 heteroatoms. The average molecular weight is 491 g/mol. The summed E-state index contributed by atoms with van der Waals surface area (Å²) in [7, 11) is 0. The normalized spacial score (nSPS) is 17.3. The van der Waals surface area contributed by atoms with E-state index in [0.29, 0.717) is 12.2 Å². The van der Waals surface area contributed by atoms with E-state index < -0.39 is 35.9 Å². The highest BCUT2D eigenvalue weighted by atomic mass is 32.2. The molecule has 3 amide bonds. The molecule has 0 unspecified atom stereocenters. The summed E-state index contributed by atoms with van der Waals surface area (Å²) in [6.07, 6.45) is 6.67. The Labute approximate surface area is 200 Å². The molecule has 0 aromatic carbocycles. The number of hydrogen-bond acceptors (Lipinski definition) is 7. The van der Waals surface area contributed by atoms with Crippen LogP contribution in [0.25, 0.3) is 0 Å². The van der Waals surface area contributed by atoms with Gasteiger partial charge in [0, 0.05) is 11.8 Å². The maximum Gasteiger partial charge on any atom is 0.326 e. The van der Waals surface area contributed by atoms with Crippen LogP contribution in [-0.4, -0.2) is 82.2 Å². The van der Waals surface area contributed by atoms with Crippen molar-refractivity contribution in [1.82, 2.24) is 15.5 Å². The molecule has 0 spiro atoms. The smallest absolute Gasteiger partial charge is 0.326 e. The maximum atomic E-state index is 13.5. The van der Waals surface area contributed by atoms with Crippen LogP contribution in [0.2, 0.25) is 0 Å². The van der Waals surface area contributed by atoms with Crippen LogP contribution in [0.3, 0.4) is 0 Å². The second-order valence-corrected chi connectivity index (χ2v) is 9.87. The standard InChI is InChI=1S/C21H38N4O5S2/c1-13(2)18(24-19(27)15(22)12-31)20(28)25(14-7-5-4-6-8-14)11-17(26)23-16(21(29)30)9-10-32-3/h13-16,18,31H,4-12,22H2,1-3H3,(H,23,26)(H,24,27)(H,29,30)/t15-,16-,18-/m0/s1. The third kappa shape index (κ3) is 9.19. The van der Waals surface area contributed by atoms with Gasteiger partial charge in [-0.05, 0) is 37.2 Å². The summed E-state index contributed by atoms with van der Waals surface area (Å²) in [5, 5.41) is 14.7. The third-order valence-corrected chi connectivity index (χ3v) is 6.66. The van der Waals surface area contributed by atoms with Crippen molar-refractivity contribution in [2.45, 2.75) is 76.5 Å². The number of hydrogen-bond donors (Lipinski definition) is 5. The zero-order chi connectivity index (χ0) is 24.3. The number of rotatable bonds is 13. The van der Waals surface area contributed by atoms with Gasteiger partial charge in [-0.15, -0.1) is 0 Å². The monoisotopic (exact) mass is 490 g/mol. The topological polar surface area (TPSA) is 142 Å². The van der Waals surface area contributed by atoms with Gasteiger partial charge >= 0.3 is 5.97 Å². The van der Waals surface area contributed by atoms with Crippen LogP contribution in [0.5, 0.6) is 0 Å². The molecule has 9 nitrogen and oxygen atoms in total. The van der Waals surface area contributed by atoms with Gasteiger partial charge in [0.2, 0.25) is 17.7 Å². The molecule has 1 fully saturated rings. The van der Waals surface area contributed by atoms with Crippen LogP contribution in [0.4, 0.5) is 0 Å². The number of carboxylic acids is 1. The van der Waals surface area contributed by atoms with E-state index in [2.05, 4.69) is 23.3 Å². The number of carbonyl (C=O) groups excluding carboxylic acids is 3. The first-order chi connectivity index (χ1) is 15.1. The number of nitrogens with one attached hydrogen (secondary N) is 2. The first kappa shape index (κ1) is 28.6. The number of amides is 3.